The highest BCUT2D eigenvalue weighted by Gasteiger charge is 2.25. The lowest BCUT2D eigenvalue weighted by molar-refractivity contribution is -0.123. The fourth-order valence-corrected chi connectivity index (χ4v) is 6.16. The van der Waals surface area contributed by atoms with Crippen LogP contribution in [0.4, 0.5) is 0 Å². The summed E-state index contributed by atoms with van der Waals surface area (Å²) >= 11 is 1.60. The summed E-state index contributed by atoms with van der Waals surface area (Å²) in [6.07, 6.45) is 6.70. The Morgan fingerprint density at radius 2 is 2.08 bits per heavy atom. The lowest BCUT2D eigenvalue weighted by Crippen LogP contribution is -2.34. The minimum absolute atomic E-state index is 0.175. The van der Waals surface area contributed by atoms with Crippen molar-refractivity contribution >= 4 is 33.7 Å². The molecule has 1 N–H and O–H groups in total. The molecule has 0 fully saturated rings. The molecule has 4 aromatic rings. The van der Waals surface area contributed by atoms with Crippen molar-refractivity contribution in [3.8, 4) is 11.5 Å². The van der Waals surface area contributed by atoms with Crippen molar-refractivity contribution in [1.82, 2.24) is 15.0 Å². The number of ether oxygens (including phenoxy) is 2. The van der Waals surface area contributed by atoms with Crippen molar-refractivity contribution in [3.63, 3.8) is 0 Å². The summed E-state index contributed by atoms with van der Waals surface area (Å²) in [5.74, 6) is 1.42. The fraction of sp³-hybridized carbons (Fsp3) is 0.333. The number of hydrazone groups is 1. The van der Waals surface area contributed by atoms with Crippen LogP contribution in [0.3, 0.4) is 0 Å². The summed E-state index contributed by atoms with van der Waals surface area (Å²) in [7, 11) is 1.58. The van der Waals surface area contributed by atoms with E-state index in [1.165, 1.54) is 27.5 Å². The first-order valence-corrected chi connectivity index (χ1v) is 13.9. The zero-order valence-electron chi connectivity index (χ0n) is 22.3. The molecule has 0 saturated carbocycles. The van der Waals surface area contributed by atoms with Crippen LogP contribution in [0.15, 0.2) is 64.8 Å². The highest BCUT2D eigenvalue weighted by atomic mass is 32.1. The van der Waals surface area contributed by atoms with Crippen molar-refractivity contribution in [1.29, 1.82) is 0 Å². The van der Waals surface area contributed by atoms with Crippen LogP contribution in [0, 0.1) is 5.92 Å². The molecule has 0 radical (unpaired) electrons. The Hall–Kier alpha value is -3.98. The molecule has 2 atom stereocenters. The minimum atomic E-state index is -0.764. The predicted octanol–water partition coefficient (Wildman–Crippen LogP) is 4.92. The average molecular weight is 545 g/mol. The average Bonchev–Trinajstić information content (AvgIpc) is 3.32. The van der Waals surface area contributed by atoms with Crippen molar-refractivity contribution in [2.45, 2.75) is 45.6 Å². The highest BCUT2D eigenvalue weighted by Crippen LogP contribution is 2.35. The summed E-state index contributed by atoms with van der Waals surface area (Å²) < 4.78 is 12.8. The van der Waals surface area contributed by atoms with Gasteiger partial charge in [0, 0.05) is 11.3 Å². The summed E-state index contributed by atoms with van der Waals surface area (Å²) in [6.45, 7) is 4.43. The second kappa shape index (κ2) is 11.8. The maximum absolute atomic E-state index is 13.3. The van der Waals surface area contributed by atoms with Crippen LogP contribution in [0.5, 0.6) is 11.5 Å². The van der Waals surface area contributed by atoms with E-state index in [-0.39, 0.29) is 5.56 Å². The molecule has 39 heavy (non-hydrogen) atoms. The van der Waals surface area contributed by atoms with Gasteiger partial charge in [-0.2, -0.15) is 5.10 Å². The predicted molar refractivity (Wildman–Crippen MR) is 154 cm³/mol. The molecule has 9 heteroatoms. The van der Waals surface area contributed by atoms with Crippen molar-refractivity contribution in [3.05, 3.63) is 86.8 Å². The molecule has 5 rings (SSSR count). The third kappa shape index (κ3) is 5.88. The lowest BCUT2D eigenvalue weighted by Gasteiger charge is -2.18. The molecule has 2 unspecified atom stereocenters. The molecule has 2 heterocycles. The van der Waals surface area contributed by atoms with E-state index in [2.05, 4.69) is 34.6 Å². The number of carbonyl (C=O) groups is 1. The number of nitrogens with one attached hydrogen (secondary N) is 1. The number of benzene rings is 2. The van der Waals surface area contributed by atoms with Gasteiger partial charge in [0.05, 0.1) is 31.6 Å². The van der Waals surface area contributed by atoms with Crippen molar-refractivity contribution in [2.24, 2.45) is 11.0 Å². The van der Waals surface area contributed by atoms with E-state index in [0.717, 1.165) is 41.6 Å². The maximum atomic E-state index is 13.3. The van der Waals surface area contributed by atoms with Gasteiger partial charge in [-0.25, -0.2) is 10.4 Å². The number of nitrogens with zero attached hydrogens (tertiary/aromatic N) is 3. The standard InChI is InChI=1S/C30H32N4O4S/c1-19-9-11-23-26(15-19)39-29-27(23)30(36)34(18-31-29)20(2)28(35)33-32-17-22-10-12-24(25(16-22)37-3)38-14-13-21-7-5-4-6-8-21/h4-8,10,12,16-20H,9,11,13-15H2,1-3H3,(H,33,35). The van der Waals surface area contributed by atoms with Gasteiger partial charge in [0.2, 0.25) is 0 Å². The van der Waals surface area contributed by atoms with Gasteiger partial charge < -0.3 is 9.47 Å². The smallest absolute Gasteiger partial charge is 0.263 e. The van der Waals surface area contributed by atoms with E-state index in [4.69, 9.17) is 9.47 Å². The molecule has 202 valence electrons. The fourth-order valence-electron chi connectivity index (χ4n) is 4.82. The molecular formula is C30H32N4O4S. The van der Waals surface area contributed by atoms with Crippen molar-refractivity contribution in [2.75, 3.05) is 13.7 Å². The number of rotatable bonds is 9. The Balaban J connectivity index is 1.23. The number of hydrogen-bond acceptors (Lipinski definition) is 7. The van der Waals surface area contributed by atoms with Crippen LogP contribution in [-0.2, 0) is 24.1 Å². The number of aromatic nitrogens is 2. The summed E-state index contributed by atoms with van der Waals surface area (Å²) in [5, 5.41) is 4.76. The SMILES string of the molecule is COc1cc(C=NNC(=O)C(C)n2cnc3sc4c(c3c2=O)CCC(C)C4)ccc1OCCc1ccccc1. The lowest BCUT2D eigenvalue weighted by atomic mass is 9.89. The molecule has 0 spiro atoms. The van der Waals surface area contributed by atoms with Gasteiger partial charge >= 0.3 is 0 Å². The molecule has 8 nitrogen and oxygen atoms in total. The van der Waals surface area contributed by atoms with E-state index >= 15 is 0 Å². The van der Waals surface area contributed by atoms with E-state index in [9.17, 15) is 9.59 Å². The van der Waals surface area contributed by atoms with E-state index in [1.54, 1.807) is 31.4 Å². The molecule has 2 aromatic heterocycles. The largest absolute Gasteiger partial charge is 0.493 e. The van der Waals surface area contributed by atoms with Gasteiger partial charge in [-0.15, -0.1) is 11.3 Å². The van der Waals surface area contributed by atoms with E-state index < -0.39 is 11.9 Å². The quantitative estimate of drug-likeness (QED) is 0.238. The molecular weight excluding hydrogens is 512 g/mol. The number of thiophene rings is 1. The minimum Gasteiger partial charge on any atom is -0.493 e. The Kier molecular flexibility index (Phi) is 8.07. The Labute approximate surface area is 231 Å². The Bertz CT molecular complexity index is 1560. The molecule has 0 saturated heterocycles. The van der Waals surface area contributed by atoms with E-state index in [0.29, 0.717) is 29.4 Å². The zero-order valence-corrected chi connectivity index (χ0v) is 23.2. The second-order valence-corrected chi connectivity index (χ2v) is 11.0. The number of amides is 1. The molecule has 0 aliphatic heterocycles. The van der Waals surface area contributed by atoms with Crippen LogP contribution >= 0.6 is 11.3 Å². The van der Waals surface area contributed by atoms with Crippen molar-refractivity contribution < 1.29 is 14.3 Å². The summed E-state index contributed by atoms with van der Waals surface area (Å²) in [6, 6.07) is 14.8. The number of carbonyl (C=O) groups excluding carboxylic acids is 1. The van der Waals surface area contributed by atoms with E-state index in [1.807, 2.05) is 30.3 Å². The molecule has 2 aromatic carbocycles. The number of aryl methyl sites for hydroxylation is 1. The molecule has 0 bridgehead atoms. The van der Waals surface area contributed by atoms with Crippen LogP contribution in [0.1, 0.15) is 47.9 Å². The van der Waals surface area contributed by atoms with Gasteiger partial charge in [0.15, 0.2) is 11.5 Å². The van der Waals surface area contributed by atoms with Gasteiger partial charge in [-0.3, -0.25) is 14.2 Å². The maximum Gasteiger partial charge on any atom is 0.263 e. The zero-order chi connectivity index (χ0) is 27.4. The highest BCUT2D eigenvalue weighted by molar-refractivity contribution is 7.18. The first-order chi connectivity index (χ1) is 18.9. The topological polar surface area (TPSA) is 94.8 Å². The summed E-state index contributed by atoms with van der Waals surface area (Å²) in [4.78, 5) is 32.7. The van der Waals surface area contributed by atoms with Gasteiger partial charge in [-0.1, -0.05) is 37.3 Å². The molecule has 1 aliphatic carbocycles. The number of fused-ring (bicyclic) bond motifs is 3. The van der Waals surface area contributed by atoms with Crippen LogP contribution in [0.25, 0.3) is 10.2 Å². The van der Waals surface area contributed by atoms with Crippen LogP contribution < -0.4 is 20.5 Å². The second-order valence-electron chi connectivity index (χ2n) is 9.89. The first kappa shape index (κ1) is 26.6. The van der Waals surface area contributed by atoms with Gasteiger partial charge in [0.1, 0.15) is 10.9 Å². The molecule has 1 aliphatic rings. The Morgan fingerprint density at radius 3 is 2.87 bits per heavy atom. The van der Waals surface area contributed by atoms with Crippen LogP contribution in [0.2, 0.25) is 0 Å². The van der Waals surface area contributed by atoms with Gasteiger partial charge in [0.25, 0.3) is 11.5 Å². The monoisotopic (exact) mass is 544 g/mol. The third-order valence-electron chi connectivity index (χ3n) is 7.10. The van der Waals surface area contributed by atoms with Gasteiger partial charge in [-0.05, 0) is 67.0 Å². The summed E-state index contributed by atoms with van der Waals surface area (Å²) in [5.41, 5.74) is 5.41. The first-order valence-electron chi connectivity index (χ1n) is 13.1. The Morgan fingerprint density at radius 1 is 1.26 bits per heavy atom. The number of methoxy groups -OCH3 is 1. The normalized spacial score (nSPS) is 15.7. The number of hydrogen-bond donors (Lipinski definition) is 1. The molecule has 1 amide bonds. The van der Waals surface area contributed by atoms with Crippen LogP contribution in [-0.4, -0.2) is 35.4 Å². The third-order valence-corrected chi connectivity index (χ3v) is 8.27.